The number of carbonyl (C=O) groups is 1. The fraction of sp³-hybridized carbons (Fsp3) is 0.333. The van der Waals surface area contributed by atoms with Crippen molar-refractivity contribution in [2.24, 2.45) is 0 Å². The molecule has 0 saturated heterocycles. The Bertz CT molecular complexity index is 773. The first-order valence-corrected chi connectivity index (χ1v) is 7.69. The van der Waals surface area contributed by atoms with Gasteiger partial charge >= 0.3 is 6.18 Å². The number of halogens is 3. The number of ether oxygens (including phenoxy) is 1. The molecule has 7 heteroatoms. The highest BCUT2D eigenvalue weighted by molar-refractivity contribution is 5.95. The number of methoxy groups -OCH3 is 1. The van der Waals surface area contributed by atoms with Crippen LogP contribution in [-0.4, -0.2) is 24.5 Å². The van der Waals surface area contributed by atoms with Gasteiger partial charge in [-0.15, -0.1) is 0 Å². The number of rotatable bonds is 5. The molecular weight excluding hydrogens is 333 g/mol. The molecule has 2 aromatic rings. The lowest BCUT2D eigenvalue weighted by atomic mass is 10.1. The van der Waals surface area contributed by atoms with E-state index >= 15 is 0 Å². The second-order valence-corrected chi connectivity index (χ2v) is 5.65. The first-order valence-electron chi connectivity index (χ1n) is 7.69. The smallest absolute Gasteiger partial charge is 0.433 e. The van der Waals surface area contributed by atoms with E-state index in [0.717, 1.165) is 29.0 Å². The summed E-state index contributed by atoms with van der Waals surface area (Å²) in [6.07, 6.45) is -3.98. The van der Waals surface area contributed by atoms with Crippen LogP contribution in [0.3, 0.4) is 0 Å². The SMILES string of the molecule is COc1ccc(C)cc1CCNC(=O)c1ccc(C(F)(F)F)nc1C. The molecule has 0 saturated carbocycles. The number of alkyl halides is 3. The van der Waals surface area contributed by atoms with E-state index in [-0.39, 0.29) is 11.3 Å². The molecule has 0 aliphatic carbocycles. The summed E-state index contributed by atoms with van der Waals surface area (Å²) in [5, 5.41) is 2.70. The predicted molar refractivity (Wildman–Crippen MR) is 87.7 cm³/mol. The highest BCUT2D eigenvalue weighted by Crippen LogP contribution is 2.28. The Labute approximate surface area is 144 Å². The maximum absolute atomic E-state index is 12.6. The lowest BCUT2D eigenvalue weighted by molar-refractivity contribution is -0.141. The van der Waals surface area contributed by atoms with Gasteiger partial charge in [0.25, 0.3) is 5.91 Å². The van der Waals surface area contributed by atoms with Gasteiger partial charge in [-0.05, 0) is 44.0 Å². The summed E-state index contributed by atoms with van der Waals surface area (Å²) in [4.78, 5) is 15.6. The molecule has 0 spiro atoms. The standard InChI is InChI=1S/C18H19F3N2O2/c1-11-4-6-15(25-3)13(10-11)8-9-22-17(24)14-5-7-16(18(19,20)21)23-12(14)2/h4-7,10H,8-9H2,1-3H3,(H,22,24). The highest BCUT2D eigenvalue weighted by Gasteiger charge is 2.33. The lowest BCUT2D eigenvalue weighted by Crippen LogP contribution is -2.27. The minimum Gasteiger partial charge on any atom is -0.496 e. The summed E-state index contributed by atoms with van der Waals surface area (Å²) in [7, 11) is 1.57. The molecular formula is C18H19F3N2O2. The Morgan fingerprint density at radius 1 is 1.20 bits per heavy atom. The normalized spacial score (nSPS) is 11.3. The Kier molecular flexibility index (Phi) is 5.66. The molecule has 0 unspecified atom stereocenters. The fourth-order valence-electron chi connectivity index (χ4n) is 2.47. The number of hydrogen-bond acceptors (Lipinski definition) is 3. The molecule has 0 aliphatic heterocycles. The van der Waals surface area contributed by atoms with E-state index in [0.29, 0.717) is 13.0 Å². The number of nitrogens with one attached hydrogen (secondary N) is 1. The summed E-state index contributed by atoms with van der Waals surface area (Å²) < 4.78 is 43.1. The Hall–Kier alpha value is -2.57. The number of aromatic nitrogens is 1. The third kappa shape index (κ3) is 4.71. The fourth-order valence-corrected chi connectivity index (χ4v) is 2.47. The predicted octanol–water partition coefficient (Wildman–Crippen LogP) is 3.70. The number of hydrogen-bond donors (Lipinski definition) is 1. The van der Waals surface area contributed by atoms with Crippen LogP contribution < -0.4 is 10.1 Å². The van der Waals surface area contributed by atoms with Gasteiger partial charge in [0.1, 0.15) is 11.4 Å². The Morgan fingerprint density at radius 3 is 2.52 bits per heavy atom. The zero-order chi connectivity index (χ0) is 18.6. The van der Waals surface area contributed by atoms with Crippen molar-refractivity contribution in [2.75, 3.05) is 13.7 Å². The lowest BCUT2D eigenvalue weighted by Gasteiger charge is -2.12. The number of benzene rings is 1. The summed E-state index contributed by atoms with van der Waals surface area (Å²) in [6.45, 7) is 3.67. The molecule has 1 aromatic heterocycles. The third-order valence-corrected chi connectivity index (χ3v) is 3.74. The van der Waals surface area contributed by atoms with Crippen molar-refractivity contribution in [3.63, 3.8) is 0 Å². The molecule has 1 amide bonds. The largest absolute Gasteiger partial charge is 0.496 e. The van der Waals surface area contributed by atoms with Crippen molar-refractivity contribution in [3.8, 4) is 5.75 Å². The molecule has 0 radical (unpaired) electrons. The molecule has 4 nitrogen and oxygen atoms in total. The van der Waals surface area contributed by atoms with Crippen molar-refractivity contribution < 1.29 is 22.7 Å². The second-order valence-electron chi connectivity index (χ2n) is 5.65. The van der Waals surface area contributed by atoms with Crippen LogP contribution in [0.25, 0.3) is 0 Å². The van der Waals surface area contributed by atoms with Crippen LogP contribution in [-0.2, 0) is 12.6 Å². The maximum atomic E-state index is 12.6. The van der Waals surface area contributed by atoms with E-state index in [1.165, 1.54) is 6.92 Å². The van der Waals surface area contributed by atoms with Crippen LogP contribution in [0.5, 0.6) is 5.75 Å². The van der Waals surface area contributed by atoms with Crippen LogP contribution in [0, 0.1) is 13.8 Å². The molecule has 0 atom stereocenters. The molecule has 0 aliphatic rings. The average Bonchev–Trinajstić information content (AvgIpc) is 2.54. The third-order valence-electron chi connectivity index (χ3n) is 3.74. The van der Waals surface area contributed by atoms with Crippen molar-refractivity contribution >= 4 is 5.91 Å². The van der Waals surface area contributed by atoms with Gasteiger partial charge in [0.2, 0.25) is 0 Å². The number of carbonyl (C=O) groups excluding carboxylic acids is 1. The van der Waals surface area contributed by atoms with Gasteiger partial charge in [-0.1, -0.05) is 17.7 Å². The van der Waals surface area contributed by atoms with Crippen LogP contribution >= 0.6 is 0 Å². The minimum atomic E-state index is -4.53. The molecule has 134 valence electrons. The van der Waals surface area contributed by atoms with E-state index in [1.807, 2.05) is 25.1 Å². The monoisotopic (exact) mass is 352 g/mol. The van der Waals surface area contributed by atoms with Gasteiger partial charge in [0, 0.05) is 6.54 Å². The zero-order valence-electron chi connectivity index (χ0n) is 14.2. The minimum absolute atomic E-state index is 0.0421. The molecule has 1 aromatic carbocycles. The van der Waals surface area contributed by atoms with Crippen LogP contribution in [0.15, 0.2) is 30.3 Å². The van der Waals surface area contributed by atoms with Crippen LogP contribution in [0.2, 0.25) is 0 Å². The summed E-state index contributed by atoms with van der Waals surface area (Å²) >= 11 is 0. The zero-order valence-corrected chi connectivity index (χ0v) is 14.2. The summed E-state index contributed by atoms with van der Waals surface area (Å²) in [5.74, 6) is 0.276. The van der Waals surface area contributed by atoms with Crippen molar-refractivity contribution in [1.29, 1.82) is 0 Å². The van der Waals surface area contributed by atoms with Gasteiger partial charge < -0.3 is 10.1 Å². The second kappa shape index (κ2) is 7.55. The van der Waals surface area contributed by atoms with Crippen LogP contribution in [0.1, 0.15) is 32.9 Å². The van der Waals surface area contributed by atoms with Gasteiger partial charge in [-0.25, -0.2) is 4.98 Å². The Balaban J connectivity index is 2.03. The van der Waals surface area contributed by atoms with Gasteiger partial charge in [0.05, 0.1) is 18.4 Å². The van der Waals surface area contributed by atoms with Crippen LogP contribution in [0.4, 0.5) is 13.2 Å². The highest BCUT2D eigenvalue weighted by atomic mass is 19.4. The molecule has 1 N–H and O–H groups in total. The van der Waals surface area contributed by atoms with Gasteiger partial charge in [-0.3, -0.25) is 4.79 Å². The number of nitrogens with zero attached hydrogens (tertiary/aromatic N) is 1. The first kappa shape index (κ1) is 18.8. The topological polar surface area (TPSA) is 51.2 Å². The van der Waals surface area contributed by atoms with Crippen molar-refractivity contribution in [1.82, 2.24) is 10.3 Å². The van der Waals surface area contributed by atoms with E-state index in [1.54, 1.807) is 7.11 Å². The van der Waals surface area contributed by atoms with Crippen molar-refractivity contribution in [2.45, 2.75) is 26.4 Å². The van der Waals surface area contributed by atoms with E-state index < -0.39 is 17.8 Å². The average molecular weight is 352 g/mol. The number of pyridine rings is 1. The molecule has 0 bridgehead atoms. The molecule has 25 heavy (non-hydrogen) atoms. The summed E-state index contributed by atoms with van der Waals surface area (Å²) in [6, 6.07) is 7.71. The van der Waals surface area contributed by atoms with Gasteiger partial charge in [0.15, 0.2) is 0 Å². The quantitative estimate of drug-likeness (QED) is 0.893. The number of amides is 1. The van der Waals surface area contributed by atoms with E-state index in [9.17, 15) is 18.0 Å². The van der Waals surface area contributed by atoms with E-state index in [2.05, 4.69) is 10.3 Å². The summed E-state index contributed by atoms with van der Waals surface area (Å²) in [5.41, 5.74) is 1.19. The molecule has 1 heterocycles. The van der Waals surface area contributed by atoms with Crippen molar-refractivity contribution in [3.05, 3.63) is 58.4 Å². The first-order chi connectivity index (χ1) is 11.7. The number of aryl methyl sites for hydroxylation is 2. The Morgan fingerprint density at radius 2 is 1.92 bits per heavy atom. The van der Waals surface area contributed by atoms with Gasteiger partial charge in [-0.2, -0.15) is 13.2 Å². The van der Waals surface area contributed by atoms with E-state index in [4.69, 9.17) is 4.74 Å². The molecule has 0 fully saturated rings. The molecule has 2 rings (SSSR count). The maximum Gasteiger partial charge on any atom is 0.433 e.